The van der Waals surface area contributed by atoms with Crippen molar-refractivity contribution in [1.29, 1.82) is 0 Å². The number of ketones is 1. The predicted octanol–water partition coefficient (Wildman–Crippen LogP) is 3.32. The summed E-state index contributed by atoms with van der Waals surface area (Å²) in [6, 6.07) is 11.8. The van der Waals surface area contributed by atoms with Crippen LogP contribution in [0.4, 0.5) is 0 Å². The van der Waals surface area contributed by atoms with Crippen LogP contribution in [-0.2, 0) is 14.3 Å². The molecule has 34 heavy (non-hydrogen) atoms. The van der Waals surface area contributed by atoms with Crippen LogP contribution in [0.25, 0.3) is 5.76 Å². The van der Waals surface area contributed by atoms with E-state index >= 15 is 0 Å². The molecule has 1 amide bonds. The molecule has 2 aromatic rings. The maximum atomic E-state index is 13.2. The first-order chi connectivity index (χ1) is 16.5. The molecule has 0 bridgehead atoms. The number of likely N-dealkylation sites (tertiary alicyclic amines) is 1. The second kappa shape index (κ2) is 9.77. The minimum absolute atomic E-state index is 0.0772. The summed E-state index contributed by atoms with van der Waals surface area (Å²) in [5.74, 6) is -0.454. The Bertz CT molecular complexity index is 1140. The zero-order valence-corrected chi connectivity index (χ0v) is 20.1. The second-order valence-electron chi connectivity index (χ2n) is 8.42. The number of hydrogen-bond acceptors (Lipinski definition) is 7. The number of benzene rings is 2. The number of Topliss-reactive ketones (excluding diaryl/α,β-unsaturated/α-hetero) is 1. The molecule has 0 aliphatic carbocycles. The molecule has 9 heteroatoms. The third-order valence-corrected chi connectivity index (χ3v) is 6.82. The van der Waals surface area contributed by atoms with E-state index < -0.39 is 17.7 Å². The fourth-order valence-electron chi connectivity index (χ4n) is 4.62. The van der Waals surface area contributed by atoms with Gasteiger partial charge in [-0.15, -0.1) is 0 Å². The molecule has 3 aliphatic rings. The smallest absolute Gasteiger partial charge is 0.295 e. The quantitative estimate of drug-likeness (QED) is 0.349. The number of carbonyl (C=O) groups is 2. The van der Waals surface area contributed by atoms with E-state index in [1.807, 2.05) is 24.3 Å². The molecule has 0 radical (unpaired) electrons. The number of amides is 1. The summed E-state index contributed by atoms with van der Waals surface area (Å²) in [7, 11) is 0. The molecule has 0 saturated carbocycles. The van der Waals surface area contributed by atoms with Crippen molar-refractivity contribution in [3.8, 4) is 11.5 Å². The predicted molar refractivity (Wildman–Crippen MR) is 128 cm³/mol. The summed E-state index contributed by atoms with van der Waals surface area (Å²) in [5.41, 5.74) is 1.23. The number of ether oxygens (including phenoxy) is 3. The number of carbonyl (C=O) groups excluding carboxylic acids is 2. The summed E-state index contributed by atoms with van der Waals surface area (Å²) in [5, 5.41) is 11.2. The summed E-state index contributed by atoms with van der Waals surface area (Å²) in [6.45, 7) is 4.44. The van der Waals surface area contributed by atoms with Crippen LogP contribution in [0.3, 0.4) is 0 Å². The Hall–Kier alpha value is -2.88. The van der Waals surface area contributed by atoms with Gasteiger partial charge in [0, 0.05) is 36.2 Å². The molecule has 178 valence electrons. The van der Waals surface area contributed by atoms with Crippen LogP contribution in [0.2, 0.25) is 0 Å². The Labute approximate surface area is 205 Å². The molecule has 3 heterocycles. The third kappa shape index (κ3) is 4.43. The number of hydrogen-bond donors (Lipinski definition) is 1. The molecule has 0 aromatic heterocycles. The number of rotatable bonds is 6. The lowest BCUT2D eigenvalue weighted by Gasteiger charge is -2.29. The molecule has 5 rings (SSSR count). The Morgan fingerprint density at radius 3 is 2.62 bits per heavy atom. The van der Waals surface area contributed by atoms with Crippen LogP contribution in [0, 0.1) is 0 Å². The largest absolute Gasteiger partial charge is 0.507 e. The van der Waals surface area contributed by atoms with Crippen molar-refractivity contribution in [1.82, 2.24) is 9.80 Å². The number of aliphatic hydroxyl groups is 1. The monoisotopic (exact) mass is 528 g/mol. The Morgan fingerprint density at radius 2 is 1.82 bits per heavy atom. The van der Waals surface area contributed by atoms with E-state index in [-0.39, 0.29) is 18.1 Å². The highest BCUT2D eigenvalue weighted by Gasteiger charge is 2.46. The standard InChI is InChI=1S/C25H25BrN2O6/c26-18-4-1-3-16(13-18)22-21(23(29)17-5-6-19-20(14-17)34-15-33-19)24(30)25(31)28(22)8-2-7-27-9-11-32-12-10-27/h1,3-6,13-14,22,29H,2,7-12,15H2/b23-21+. The fraction of sp³-hybridized carbons (Fsp3) is 0.360. The first kappa shape index (κ1) is 22.9. The molecule has 0 spiro atoms. The van der Waals surface area contributed by atoms with E-state index in [1.54, 1.807) is 23.1 Å². The van der Waals surface area contributed by atoms with Gasteiger partial charge < -0.3 is 24.2 Å². The van der Waals surface area contributed by atoms with Gasteiger partial charge in [-0.25, -0.2) is 0 Å². The molecular weight excluding hydrogens is 504 g/mol. The molecular formula is C25H25BrN2O6. The fourth-order valence-corrected chi connectivity index (χ4v) is 5.04. The van der Waals surface area contributed by atoms with Crippen LogP contribution in [0.1, 0.15) is 23.6 Å². The minimum atomic E-state index is -0.688. The molecule has 1 unspecified atom stereocenters. The molecule has 1 atom stereocenters. The number of aliphatic hydroxyl groups excluding tert-OH is 1. The van der Waals surface area contributed by atoms with Gasteiger partial charge in [0.1, 0.15) is 5.76 Å². The molecule has 2 fully saturated rings. The van der Waals surface area contributed by atoms with Gasteiger partial charge in [0.05, 0.1) is 24.8 Å². The lowest BCUT2D eigenvalue weighted by Crippen LogP contribution is -2.38. The van der Waals surface area contributed by atoms with Gasteiger partial charge >= 0.3 is 0 Å². The van der Waals surface area contributed by atoms with Gasteiger partial charge in [-0.3, -0.25) is 14.5 Å². The molecule has 2 saturated heterocycles. The summed E-state index contributed by atoms with van der Waals surface area (Å²) in [6.07, 6.45) is 0.710. The average Bonchev–Trinajstić information content (AvgIpc) is 3.42. The highest BCUT2D eigenvalue weighted by molar-refractivity contribution is 9.10. The van der Waals surface area contributed by atoms with Gasteiger partial charge in [-0.05, 0) is 42.3 Å². The molecule has 3 aliphatic heterocycles. The van der Waals surface area contributed by atoms with E-state index in [4.69, 9.17) is 14.2 Å². The van der Waals surface area contributed by atoms with Crippen molar-refractivity contribution in [2.45, 2.75) is 12.5 Å². The Balaban J connectivity index is 1.48. The van der Waals surface area contributed by atoms with E-state index in [2.05, 4.69) is 20.8 Å². The summed E-state index contributed by atoms with van der Waals surface area (Å²) < 4.78 is 17.0. The Kier molecular flexibility index (Phi) is 6.58. The highest BCUT2D eigenvalue weighted by atomic mass is 79.9. The summed E-state index contributed by atoms with van der Waals surface area (Å²) in [4.78, 5) is 30.2. The van der Waals surface area contributed by atoms with Gasteiger partial charge in [0.15, 0.2) is 11.5 Å². The maximum absolute atomic E-state index is 13.2. The van der Waals surface area contributed by atoms with E-state index in [1.165, 1.54) is 0 Å². The third-order valence-electron chi connectivity index (χ3n) is 6.33. The van der Waals surface area contributed by atoms with Crippen molar-refractivity contribution in [2.75, 3.05) is 46.2 Å². The first-order valence-electron chi connectivity index (χ1n) is 11.3. The van der Waals surface area contributed by atoms with Gasteiger partial charge in [0.25, 0.3) is 11.7 Å². The van der Waals surface area contributed by atoms with Crippen LogP contribution in [0.15, 0.2) is 52.5 Å². The van der Waals surface area contributed by atoms with E-state index in [0.29, 0.717) is 43.2 Å². The number of nitrogens with zero attached hydrogens (tertiary/aromatic N) is 2. The van der Waals surface area contributed by atoms with Gasteiger partial charge in [-0.2, -0.15) is 0 Å². The minimum Gasteiger partial charge on any atom is -0.507 e. The topological polar surface area (TPSA) is 88.5 Å². The van der Waals surface area contributed by atoms with Crippen LogP contribution >= 0.6 is 15.9 Å². The first-order valence-corrected chi connectivity index (χ1v) is 12.1. The zero-order chi connectivity index (χ0) is 23.7. The van der Waals surface area contributed by atoms with Gasteiger partial charge in [-0.1, -0.05) is 28.1 Å². The number of fused-ring (bicyclic) bond motifs is 1. The van der Waals surface area contributed by atoms with Crippen molar-refractivity contribution in [3.05, 3.63) is 63.6 Å². The van der Waals surface area contributed by atoms with Gasteiger partial charge in [0.2, 0.25) is 6.79 Å². The molecule has 1 N–H and O–H groups in total. The van der Waals surface area contributed by atoms with Crippen LogP contribution in [-0.4, -0.2) is 72.8 Å². The molecule has 8 nitrogen and oxygen atoms in total. The van der Waals surface area contributed by atoms with Crippen molar-refractivity contribution >= 4 is 33.4 Å². The zero-order valence-electron chi connectivity index (χ0n) is 18.5. The lowest BCUT2D eigenvalue weighted by molar-refractivity contribution is -0.140. The average molecular weight is 529 g/mol. The highest BCUT2D eigenvalue weighted by Crippen LogP contribution is 2.41. The maximum Gasteiger partial charge on any atom is 0.295 e. The van der Waals surface area contributed by atoms with E-state index in [0.717, 1.165) is 29.7 Å². The van der Waals surface area contributed by atoms with Crippen LogP contribution in [0.5, 0.6) is 11.5 Å². The normalized spacial score (nSPS) is 21.9. The van der Waals surface area contributed by atoms with Crippen molar-refractivity contribution in [2.24, 2.45) is 0 Å². The lowest BCUT2D eigenvalue weighted by atomic mass is 9.95. The Morgan fingerprint density at radius 1 is 1.03 bits per heavy atom. The molecule has 2 aromatic carbocycles. The number of halogens is 1. The van der Waals surface area contributed by atoms with Crippen molar-refractivity contribution in [3.63, 3.8) is 0 Å². The van der Waals surface area contributed by atoms with Crippen molar-refractivity contribution < 1.29 is 28.9 Å². The second-order valence-corrected chi connectivity index (χ2v) is 9.34. The number of morpholine rings is 1. The summed E-state index contributed by atoms with van der Waals surface area (Å²) >= 11 is 3.48. The van der Waals surface area contributed by atoms with Crippen LogP contribution < -0.4 is 9.47 Å². The van der Waals surface area contributed by atoms with E-state index in [9.17, 15) is 14.7 Å². The SMILES string of the molecule is O=C1C(=O)N(CCCN2CCOCC2)C(c2cccc(Br)c2)/C1=C(\O)c1ccc2c(c1)OCO2.